The van der Waals surface area contributed by atoms with Crippen LogP contribution in [-0.2, 0) is 27.2 Å². The van der Waals surface area contributed by atoms with Gasteiger partial charge in [-0.15, -0.1) is 0 Å². The van der Waals surface area contributed by atoms with Crippen molar-refractivity contribution >= 4 is 5.97 Å². The van der Waals surface area contributed by atoms with E-state index in [2.05, 4.69) is 4.57 Å². The number of benzene rings is 1. The van der Waals surface area contributed by atoms with Crippen LogP contribution >= 0.6 is 0 Å². The average molecular weight is 331 g/mol. The smallest absolute Gasteiger partial charge is 0.335 e. The van der Waals surface area contributed by atoms with Gasteiger partial charge < -0.3 is 18.8 Å². The molecule has 2 aromatic rings. The number of carbonyl (C=O) groups excluding carboxylic acids is 1. The van der Waals surface area contributed by atoms with Crippen LogP contribution in [0.3, 0.4) is 0 Å². The van der Waals surface area contributed by atoms with Crippen LogP contribution in [0, 0.1) is 0 Å². The summed E-state index contributed by atoms with van der Waals surface area (Å²) < 4.78 is 18.3. The van der Waals surface area contributed by atoms with Crippen LogP contribution in [0.15, 0.2) is 48.8 Å². The summed E-state index contributed by atoms with van der Waals surface area (Å²) in [5, 5.41) is 0. The minimum absolute atomic E-state index is 0.314. The molecule has 0 aliphatic heterocycles. The average Bonchev–Trinajstić information content (AvgIpc) is 3.09. The molecule has 5 heteroatoms. The highest BCUT2D eigenvalue weighted by molar-refractivity contribution is 5.75. The lowest BCUT2D eigenvalue weighted by atomic mass is 10.1. The third-order valence-electron chi connectivity index (χ3n) is 3.55. The monoisotopic (exact) mass is 331 g/mol. The van der Waals surface area contributed by atoms with E-state index in [-0.39, 0.29) is 5.97 Å². The van der Waals surface area contributed by atoms with Crippen molar-refractivity contribution in [1.29, 1.82) is 0 Å². The van der Waals surface area contributed by atoms with Crippen LogP contribution in [0.1, 0.15) is 19.4 Å². The van der Waals surface area contributed by atoms with Crippen molar-refractivity contribution in [1.82, 2.24) is 4.57 Å². The molecule has 1 aromatic heterocycles. The molecule has 5 nitrogen and oxygen atoms in total. The molecule has 0 saturated heterocycles. The Hall–Kier alpha value is -2.27. The normalized spacial score (nSPS) is 11.9. The molecule has 24 heavy (non-hydrogen) atoms. The summed E-state index contributed by atoms with van der Waals surface area (Å²) >= 11 is 0. The van der Waals surface area contributed by atoms with E-state index < -0.39 is 6.10 Å². The van der Waals surface area contributed by atoms with Gasteiger partial charge in [0.15, 0.2) is 6.10 Å². The van der Waals surface area contributed by atoms with Gasteiger partial charge in [0, 0.05) is 25.4 Å². The molecular formula is C19H25NO4. The van der Waals surface area contributed by atoms with E-state index in [1.54, 1.807) is 6.92 Å². The summed E-state index contributed by atoms with van der Waals surface area (Å²) in [6.07, 6.45) is 3.96. The lowest BCUT2D eigenvalue weighted by Gasteiger charge is -2.15. The van der Waals surface area contributed by atoms with Gasteiger partial charge in [-0.25, -0.2) is 4.79 Å². The van der Waals surface area contributed by atoms with Crippen molar-refractivity contribution in [2.45, 2.75) is 32.9 Å². The van der Waals surface area contributed by atoms with Gasteiger partial charge in [-0.3, -0.25) is 0 Å². The van der Waals surface area contributed by atoms with Crippen molar-refractivity contribution in [2.75, 3.05) is 19.8 Å². The van der Waals surface area contributed by atoms with E-state index in [4.69, 9.17) is 14.2 Å². The molecule has 1 heterocycles. The first-order valence-electron chi connectivity index (χ1n) is 8.33. The number of rotatable bonds is 10. The highest BCUT2D eigenvalue weighted by atomic mass is 16.6. The molecule has 0 amide bonds. The predicted octanol–water partition coefficient (Wildman–Crippen LogP) is 3.08. The summed E-state index contributed by atoms with van der Waals surface area (Å²) in [5.74, 6) is 0.501. The zero-order valence-corrected chi connectivity index (χ0v) is 14.3. The Morgan fingerprint density at radius 2 is 1.79 bits per heavy atom. The van der Waals surface area contributed by atoms with E-state index in [1.807, 2.05) is 55.7 Å². The van der Waals surface area contributed by atoms with Gasteiger partial charge in [-0.2, -0.15) is 0 Å². The molecule has 130 valence electrons. The van der Waals surface area contributed by atoms with Crippen molar-refractivity contribution in [3.63, 3.8) is 0 Å². The molecule has 0 fully saturated rings. The maximum Gasteiger partial charge on any atom is 0.335 e. The molecule has 1 atom stereocenters. The second kappa shape index (κ2) is 9.78. The van der Waals surface area contributed by atoms with E-state index in [0.717, 1.165) is 17.9 Å². The SMILES string of the molecule is CCOC(=O)C(Cc1ccc(OCCn2cccc2)cc1)OCC. The zero-order valence-electron chi connectivity index (χ0n) is 14.3. The van der Waals surface area contributed by atoms with Crippen molar-refractivity contribution in [2.24, 2.45) is 0 Å². The molecule has 0 bridgehead atoms. The molecule has 0 aliphatic rings. The first kappa shape index (κ1) is 18.1. The van der Waals surface area contributed by atoms with Crippen molar-refractivity contribution in [3.8, 4) is 5.75 Å². The van der Waals surface area contributed by atoms with Crippen LogP contribution in [0.5, 0.6) is 5.75 Å². The van der Waals surface area contributed by atoms with Crippen LogP contribution in [0.2, 0.25) is 0 Å². The third kappa shape index (κ3) is 5.74. The maximum atomic E-state index is 11.9. The van der Waals surface area contributed by atoms with E-state index in [9.17, 15) is 4.79 Å². The minimum atomic E-state index is -0.560. The second-order valence-corrected chi connectivity index (χ2v) is 5.31. The number of hydrogen-bond acceptors (Lipinski definition) is 4. The second-order valence-electron chi connectivity index (χ2n) is 5.31. The molecule has 1 aromatic carbocycles. The number of hydrogen-bond donors (Lipinski definition) is 0. The van der Waals surface area contributed by atoms with Crippen LogP contribution < -0.4 is 4.74 Å². The predicted molar refractivity (Wildman–Crippen MR) is 92.1 cm³/mol. The Bertz CT molecular complexity index is 592. The summed E-state index contributed by atoms with van der Waals surface area (Å²) in [6.45, 7) is 5.91. The molecule has 2 rings (SSSR count). The molecule has 1 unspecified atom stereocenters. The van der Waals surface area contributed by atoms with Crippen molar-refractivity contribution in [3.05, 3.63) is 54.4 Å². The summed E-state index contributed by atoms with van der Waals surface area (Å²) in [4.78, 5) is 11.9. The van der Waals surface area contributed by atoms with Crippen LogP contribution in [-0.4, -0.2) is 36.5 Å². The molecule has 0 saturated carbocycles. The maximum absolute atomic E-state index is 11.9. The van der Waals surface area contributed by atoms with E-state index in [1.165, 1.54) is 0 Å². The largest absolute Gasteiger partial charge is 0.492 e. The third-order valence-corrected chi connectivity index (χ3v) is 3.55. The Morgan fingerprint density at radius 3 is 2.42 bits per heavy atom. The van der Waals surface area contributed by atoms with Gasteiger partial charge >= 0.3 is 5.97 Å². The van der Waals surface area contributed by atoms with Gasteiger partial charge in [-0.05, 0) is 43.7 Å². The number of aromatic nitrogens is 1. The number of ether oxygens (including phenoxy) is 3. The number of carbonyl (C=O) groups is 1. The fraction of sp³-hybridized carbons (Fsp3) is 0.421. The van der Waals surface area contributed by atoms with Crippen LogP contribution in [0.4, 0.5) is 0 Å². The van der Waals surface area contributed by atoms with Gasteiger partial charge in [0.2, 0.25) is 0 Å². The first-order valence-corrected chi connectivity index (χ1v) is 8.33. The fourth-order valence-electron chi connectivity index (χ4n) is 2.37. The summed E-state index contributed by atoms with van der Waals surface area (Å²) in [7, 11) is 0. The Morgan fingerprint density at radius 1 is 1.08 bits per heavy atom. The molecule has 0 radical (unpaired) electrons. The standard InChI is InChI=1S/C19H25NO4/c1-3-22-18(19(21)23-4-2)15-16-7-9-17(10-8-16)24-14-13-20-11-5-6-12-20/h5-12,18H,3-4,13-15H2,1-2H3. The van der Waals surface area contributed by atoms with Crippen molar-refractivity contribution < 1.29 is 19.0 Å². The van der Waals surface area contributed by atoms with Gasteiger partial charge in [0.1, 0.15) is 12.4 Å². The lowest BCUT2D eigenvalue weighted by molar-refractivity contribution is -0.156. The topological polar surface area (TPSA) is 49.7 Å². The van der Waals surface area contributed by atoms with E-state index >= 15 is 0 Å². The lowest BCUT2D eigenvalue weighted by Crippen LogP contribution is -2.28. The van der Waals surface area contributed by atoms with Crippen LogP contribution in [0.25, 0.3) is 0 Å². The van der Waals surface area contributed by atoms with Gasteiger partial charge in [0.05, 0.1) is 13.2 Å². The first-order chi connectivity index (χ1) is 11.7. The molecule has 0 aliphatic carbocycles. The number of esters is 1. The quantitative estimate of drug-likeness (QED) is 0.628. The molecule has 0 spiro atoms. The zero-order chi connectivity index (χ0) is 17.2. The van der Waals surface area contributed by atoms with E-state index in [0.29, 0.717) is 26.2 Å². The number of nitrogens with zero attached hydrogens (tertiary/aromatic N) is 1. The molecular weight excluding hydrogens is 306 g/mol. The minimum Gasteiger partial charge on any atom is -0.492 e. The van der Waals surface area contributed by atoms with Gasteiger partial charge in [0.25, 0.3) is 0 Å². The Labute approximate surface area is 143 Å². The highest BCUT2D eigenvalue weighted by Gasteiger charge is 2.20. The summed E-state index contributed by atoms with van der Waals surface area (Å²) in [6, 6.07) is 11.7. The van der Waals surface area contributed by atoms with Gasteiger partial charge in [-0.1, -0.05) is 12.1 Å². The highest BCUT2D eigenvalue weighted by Crippen LogP contribution is 2.15. The fourth-order valence-corrected chi connectivity index (χ4v) is 2.37. The Kier molecular flexibility index (Phi) is 7.36. The summed E-state index contributed by atoms with van der Waals surface area (Å²) in [5.41, 5.74) is 1.01. The molecule has 0 N–H and O–H groups in total. The Balaban J connectivity index is 1.84.